The van der Waals surface area contributed by atoms with E-state index in [4.69, 9.17) is 16.7 Å². The molecule has 9 heteroatoms. The minimum atomic E-state index is -1.13. The first-order chi connectivity index (χ1) is 9.43. The molecule has 0 aliphatic carbocycles. The molecule has 0 aliphatic rings. The SMILES string of the molecule is CC(c1n[nH]nc1-c1ccnc(Cl)c1F)N(C)C(=O)O. The highest BCUT2D eigenvalue weighted by molar-refractivity contribution is 6.29. The van der Waals surface area contributed by atoms with Crippen LogP contribution in [0.5, 0.6) is 0 Å². The van der Waals surface area contributed by atoms with E-state index in [1.807, 2.05) is 0 Å². The third kappa shape index (κ3) is 2.42. The molecule has 0 saturated heterocycles. The van der Waals surface area contributed by atoms with E-state index in [1.165, 1.54) is 19.3 Å². The second-order valence-corrected chi connectivity index (χ2v) is 4.45. The summed E-state index contributed by atoms with van der Waals surface area (Å²) in [6.45, 7) is 1.62. The lowest BCUT2D eigenvalue weighted by Gasteiger charge is -2.20. The molecule has 0 bridgehead atoms. The number of pyridine rings is 1. The lowest BCUT2D eigenvalue weighted by atomic mass is 10.1. The van der Waals surface area contributed by atoms with E-state index in [0.29, 0.717) is 5.69 Å². The van der Waals surface area contributed by atoms with Gasteiger partial charge in [0.25, 0.3) is 0 Å². The fourth-order valence-electron chi connectivity index (χ4n) is 1.68. The highest BCUT2D eigenvalue weighted by Gasteiger charge is 2.25. The van der Waals surface area contributed by atoms with Crippen LogP contribution in [0.25, 0.3) is 11.3 Å². The van der Waals surface area contributed by atoms with Gasteiger partial charge in [0.1, 0.15) is 11.4 Å². The Balaban J connectivity index is 2.48. The van der Waals surface area contributed by atoms with E-state index in [9.17, 15) is 9.18 Å². The molecule has 1 atom stereocenters. The van der Waals surface area contributed by atoms with Gasteiger partial charge in [-0.2, -0.15) is 15.4 Å². The zero-order valence-corrected chi connectivity index (χ0v) is 11.4. The van der Waals surface area contributed by atoms with Gasteiger partial charge < -0.3 is 10.0 Å². The maximum Gasteiger partial charge on any atom is 0.407 e. The summed E-state index contributed by atoms with van der Waals surface area (Å²) in [6, 6.07) is 0.795. The molecule has 1 amide bonds. The molecule has 0 fully saturated rings. The number of amides is 1. The average Bonchev–Trinajstić information content (AvgIpc) is 2.89. The van der Waals surface area contributed by atoms with Gasteiger partial charge in [-0.1, -0.05) is 11.6 Å². The molecule has 2 aromatic rings. The molecule has 2 rings (SSSR count). The van der Waals surface area contributed by atoms with E-state index in [2.05, 4.69) is 20.4 Å². The van der Waals surface area contributed by atoms with E-state index in [-0.39, 0.29) is 16.4 Å². The molecule has 7 nitrogen and oxygen atoms in total. The topological polar surface area (TPSA) is 95.0 Å². The van der Waals surface area contributed by atoms with Crippen molar-refractivity contribution in [1.82, 2.24) is 25.3 Å². The minimum absolute atomic E-state index is 0.111. The van der Waals surface area contributed by atoms with Crippen molar-refractivity contribution in [3.8, 4) is 11.3 Å². The van der Waals surface area contributed by atoms with Crippen molar-refractivity contribution >= 4 is 17.7 Å². The molecule has 0 spiro atoms. The molecular weight excluding hydrogens is 289 g/mol. The van der Waals surface area contributed by atoms with Crippen LogP contribution in [0.3, 0.4) is 0 Å². The van der Waals surface area contributed by atoms with E-state index in [1.54, 1.807) is 6.92 Å². The number of carbonyl (C=O) groups is 1. The average molecular weight is 300 g/mol. The molecular formula is C11H11ClFN5O2. The molecule has 2 aromatic heterocycles. The first kappa shape index (κ1) is 14.2. The van der Waals surface area contributed by atoms with Crippen LogP contribution < -0.4 is 0 Å². The van der Waals surface area contributed by atoms with Crippen molar-refractivity contribution in [2.45, 2.75) is 13.0 Å². The van der Waals surface area contributed by atoms with Crippen LogP contribution in [0.4, 0.5) is 9.18 Å². The standard InChI is InChI=1S/C11H11ClFN5O2/c1-5(18(2)11(19)20)8-9(16-17-15-8)6-3-4-14-10(12)7(6)13/h3-5H,1-2H3,(H,19,20)(H,15,16,17). The molecule has 1 unspecified atom stereocenters. The molecule has 0 aromatic carbocycles. The summed E-state index contributed by atoms with van der Waals surface area (Å²) < 4.78 is 14.0. The minimum Gasteiger partial charge on any atom is -0.465 e. The van der Waals surface area contributed by atoms with Gasteiger partial charge in [0.15, 0.2) is 11.0 Å². The van der Waals surface area contributed by atoms with Crippen molar-refractivity contribution < 1.29 is 14.3 Å². The fraction of sp³-hybridized carbons (Fsp3) is 0.273. The number of nitrogens with zero attached hydrogens (tertiary/aromatic N) is 4. The van der Waals surface area contributed by atoms with Crippen molar-refractivity contribution in [3.63, 3.8) is 0 Å². The summed E-state index contributed by atoms with van der Waals surface area (Å²) in [5, 5.41) is 18.8. The third-order valence-electron chi connectivity index (χ3n) is 2.96. The van der Waals surface area contributed by atoms with Gasteiger partial charge in [0.2, 0.25) is 0 Å². The summed E-state index contributed by atoms with van der Waals surface area (Å²) in [6.07, 6.45) is 0.213. The number of halogens is 2. The predicted molar refractivity (Wildman–Crippen MR) is 68.8 cm³/mol. The summed E-state index contributed by atoms with van der Waals surface area (Å²) in [5.74, 6) is -0.727. The number of rotatable bonds is 3. The Hall–Kier alpha value is -2.22. The maximum absolute atomic E-state index is 14.0. The molecule has 106 valence electrons. The van der Waals surface area contributed by atoms with E-state index in [0.717, 1.165) is 4.90 Å². The van der Waals surface area contributed by atoms with Crippen molar-refractivity contribution in [1.29, 1.82) is 0 Å². The highest BCUT2D eigenvalue weighted by atomic mass is 35.5. The Morgan fingerprint density at radius 1 is 1.55 bits per heavy atom. The van der Waals surface area contributed by atoms with E-state index >= 15 is 0 Å². The van der Waals surface area contributed by atoms with Gasteiger partial charge in [-0.25, -0.2) is 14.2 Å². The number of aromatic amines is 1. The van der Waals surface area contributed by atoms with Crippen LogP contribution in [0.15, 0.2) is 12.3 Å². The zero-order chi connectivity index (χ0) is 14.9. The lowest BCUT2D eigenvalue weighted by molar-refractivity contribution is 0.141. The molecule has 0 radical (unpaired) electrons. The smallest absolute Gasteiger partial charge is 0.407 e. The first-order valence-electron chi connectivity index (χ1n) is 5.60. The summed E-state index contributed by atoms with van der Waals surface area (Å²) in [7, 11) is 1.39. The normalized spacial score (nSPS) is 12.2. The summed E-state index contributed by atoms with van der Waals surface area (Å²) in [5.41, 5.74) is 0.614. The molecule has 0 aliphatic heterocycles. The Bertz CT molecular complexity index is 647. The largest absolute Gasteiger partial charge is 0.465 e. The first-order valence-corrected chi connectivity index (χ1v) is 5.98. The number of hydrogen-bond acceptors (Lipinski definition) is 4. The maximum atomic E-state index is 14.0. The zero-order valence-electron chi connectivity index (χ0n) is 10.6. The van der Waals surface area contributed by atoms with Crippen molar-refractivity contribution in [2.24, 2.45) is 0 Å². The molecule has 0 saturated carbocycles. The summed E-state index contributed by atoms with van der Waals surface area (Å²) in [4.78, 5) is 15.6. The quantitative estimate of drug-likeness (QED) is 0.848. The Labute approximate surface area is 118 Å². The van der Waals surface area contributed by atoms with Crippen LogP contribution in [-0.2, 0) is 0 Å². The third-order valence-corrected chi connectivity index (χ3v) is 3.22. The lowest BCUT2D eigenvalue weighted by Crippen LogP contribution is -2.28. The Morgan fingerprint density at radius 3 is 2.90 bits per heavy atom. The van der Waals surface area contributed by atoms with Gasteiger partial charge in [-0.3, -0.25) is 0 Å². The predicted octanol–water partition coefficient (Wildman–Crippen LogP) is 2.33. The van der Waals surface area contributed by atoms with Gasteiger partial charge in [0.05, 0.1) is 6.04 Å². The van der Waals surface area contributed by atoms with Gasteiger partial charge in [-0.15, -0.1) is 0 Å². The molecule has 20 heavy (non-hydrogen) atoms. The molecule has 2 heterocycles. The highest BCUT2D eigenvalue weighted by Crippen LogP contribution is 2.30. The number of carboxylic acid groups (broad SMARTS) is 1. The van der Waals surface area contributed by atoms with Gasteiger partial charge >= 0.3 is 6.09 Å². The van der Waals surface area contributed by atoms with Crippen molar-refractivity contribution in [3.05, 3.63) is 28.9 Å². The molecule has 2 N–H and O–H groups in total. The van der Waals surface area contributed by atoms with Gasteiger partial charge in [0, 0.05) is 18.8 Å². The fourth-order valence-corrected chi connectivity index (χ4v) is 1.84. The van der Waals surface area contributed by atoms with Crippen LogP contribution in [0, 0.1) is 5.82 Å². The van der Waals surface area contributed by atoms with Crippen molar-refractivity contribution in [2.75, 3.05) is 7.05 Å². The number of nitrogens with one attached hydrogen (secondary N) is 1. The summed E-state index contributed by atoms with van der Waals surface area (Å²) >= 11 is 5.63. The second kappa shape index (κ2) is 5.41. The van der Waals surface area contributed by atoms with Crippen LogP contribution in [0.1, 0.15) is 18.7 Å². The monoisotopic (exact) mass is 299 g/mol. The van der Waals surface area contributed by atoms with E-state index < -0.39 is 18.0 Å². The second-order valence-electron chi connectivity index (χ2n) is 4.09. The Kier molecular flexibility index (Phi) is 3.84. The van der Waals surface area contributed by atoms with Crippen LogP contribution in [0.2, 0.25) is 5.15 Å². The van der Waals surface area contributed by atoms with Crippen LogP contribution >= 0.6 is 11.6 Å². The van der Waals surface area contributed by atoms with Crippen LogP contribution in [-0.4, -0.2) is 43.5 Å². The number of aromatic nitrogens is 4. The Morgan fingerprint density at radius 2 is 2.25 bits per heavy atom. The van der Waals surface area contributed by atoms with Gasteiger partial charge in [-0.05, 0) is 13.0 Å². The number of H-pyrrole nitrogens is 1. The number of hydrogen-bond donors (Lipinski definition) is 2.